The van der Waals surface area contributed by atoms with Crippen LogP contribution in [0, 0.1) is 11.8 Å². The van der Waals surface area contributed by atoms with Gasteiger partial charge in [-0.3, -0.25) is 4.79 Å². The van der Waals surface area contributed by atoms with E-state index in [2.05, 4.69) is 17.2 Å². The lowest BCUT2D eigenvalue weighted by Crippen LogP contribution is -2.27. The van der Waals surface area contributed by atoms with Gasteiger partial charge in [0.25, 0.3) is 0 Å². The lowest BCUT2D eigenvalue weighted by molar-refractivity contribution is -0.123. The van der Waals surface area contributed by atoms with Crippen LogP contribution >= 0.6 is 0 Å². The van der Waals surface area contributed by atoms with Crippen LogP contribution in [0.2, 0.25) is 0 Å². The summed E-state index contributed by atoms with van der Waals surface area (Å²) in [6, 6.07) is 0. The highest BCUT2D eigenvalue weighted by molar-refractivity contribution is 5.76. The molecule has 0 aliphatic carbocycles. The van der Waals surface area contributed by atoms with E-state index in [1.54, 1.807) is 6.92 Å². The van der Waals surface area contributed by atoms with E-state index < -0.39 is 0 Å². The highest BCUT2D eigenvalue weighted by Crippen LogP contribution is 2.14. The number of carbonyl (C=O) groups excluding carboxylic acids is 1. The molecule has 1 heterocycles. The van der Waals surface area contributed by atoms with E-state index in [0.717, 1.165) is 25.9 Å². The van der Waals surface area contributed by atoms with E-state index in [9.17, 15) is 4.79 Å². The molecule has 0 aromatic carbocycles. The highest BCUT2D eigenvalue weighted by atomic mass is 16.5. The molecule has 1 amide bonds. The average molecular weight is 195 g/mol. The monoisotopic (exact) mass is 195 g/mol. The maximum atomic E-state index is 11.3. The molecular formula is C11H17NO2. The Balaban J connectivity index is 2.05. The molecule has 1 aliphatic heterocycles. The summed E-state index contributed by atoms with van der Waals surface area (Å²) in [7, 11) is 0. The molecule has 0 spiro atoms. The number of nitrogens with one attached hydrogen (secondary N) is 1. The van der Waals surface area contributed by atoms with Gasteiger partial charge in [-0.1, -0.05) is 0 Å². The summed E-state index contributed by atoms with van der Waals surface area (Å²) in [5.41, 5.74) is 0. The molecule has 1 atom stereocenters. The minimum absolute atomic E-state index is 0.0785. The molecule has 0 bridgehead atoms. The quantitative estimate of drug-likeness (QED) is 0.538. The zero-order valence-electron chi connectivity index (χ0n) is 8.64. The molecule has 3 nitrogen and oxygen atoms in total. The Kier molecular flexibility index (Phi) is 5.09. The second-order valence-electron chi connectivity index (χ2n) is 3.37. The predicted molar refractivity (Wildman–Crippen MR) is 54.7 cm³/mol. The van der Waals surface area contributed by atoms with E-state index in [-0.39, 0.29) is 12.0 Å². The van der Waals surface area contributed by atoms with Crippen LogP contribution in [0.1, 0.15) is 32.6 Å². The first kappa shape index (κ1) is 11.1. The van der Waals surface area contributed by atoms with Gasteiger partial charge in [0.15, 0.2) is 0 Å². The van der Waals surface area contributed by atoms with Crippen LogP contribution in [-0.4, -0.2) is 25.2 Å². The standard InChI is InChI=1S/C11H17NO2/c1-2-3-4-7-12-11(13)9-10-6-5-8-14-10/h10H,4-9H2,1H3,(H,12,13). The van der Waals surface area contributed by atoms with Gasteiger partial charge in [0.1, 0.15) is 0 Å². The van der Waals surface area contributed by atoms with Crippen molar-refractivity contribution >= 4 is 5.91 Å². The first-order chi connectivity index (χ1) is 6.83. The van der Waals surface area contributed by atoms with Crippen molar-refractivity contribution < 1.29 is 9.53 Å². The van der Waals surface area contributed by atoms with Gasteiger partial charge in [-0.15, -0.1) is 11.8 Å². The first-order valence-electron chi connectivity index (χ1n) is 5.11. The van der Waals surface area contributed by atoms with Crippen molar-refractivity contribution in [2.24, 2.45) is 0 Å². The van der Waals surface area contributed by atoms with Crippen LogP contribution in [0.15, 0.2) is 0 Å². The Morgan fingerprint density at radius 2 is 2.50 bits per heavy atom. The molecule has 14 heavy (non-hydrogen) atoms. The number of hydrogen-bond donors (Lipinski definition) is 1. The summed E-state index contributed by atoms with van der Waals surface area (Å²) >= 11 is 0. The molecule has 1 unspecified atom stereocenters. The minimum Gasteiger partial charge on any atom is -0.378 e. The van der Waals surface area contributed by atoms with Gasteiger partial charge in [-0.25, -0.2) is 0 Å². The summed E-state index contributed by atoms with van der Waals surface area (Å²) in [4.78, 5) is 11.3. The fraction of sp³-hybridized carbons (Fsp3) is 0.727. The number of hydrogen-bond acceptors (Lipinski definition) is 2. The summed E-state index contributed by atoms with van der Waals surface area (Å²) in [6.45, 7) is 3.25. The average Bonchev–Trinajstić information content (AvgIpc) is 2.65. The van der Waals surface area contributed by atoms with Crippen molar-refractivity contribution in [3.63, 3.8) is 0 Å². The molecule has 1 N–H and O–H groups in total. The molecule has 1 fully saturated rings. The van der Waals surface area contributed by atoms with E-state index in [0.29, 0.717) is 13.0 Å². The maximum absolute atomic E-state index is 11.3. The van der Waals surface area contributed by atoms with Crippen molar-refractivity contribution in [3.05, 3.63) is 0 Å². The van der Waals surface area contributed by atoms with Crippen molar-refractivity contribution in [1.82, 2.24) is 5.32 Å². The first-order valence-corrected chi connectivity index (χ1v) is 5.11. The van der Waals surface area contributed by atoms with Gasteiger partial charge in [-0.2, -0.15) is 0 Å². The summed E-state index contributed by atoms with van der Waals surface area (Å²) in [6.07, 6.45) is 3.47. The number of carbonyl (C=O) groups is 1. The molecule has 0 aromatic rings. The lowest BCUT2D eigenvalue weighted by atomic mass is 10.2. The third-order valence-corrected chi connectivity index (χ3v) is 2.19. The third-order valence-electron chi connectivity index (χ3n) is 2.19. The fourth-order valence-electron chi connectivity index (χ4n) is 1.47. The molecule has 1 saturated heterocycles. The Hall–Kier alpha value is -1.01. The smallest absolute Gasteiger partial charge is 0.222 e. The van der Waals surface area contributed by atoms with Gasteiger partial charge >= 0.3 is 0 Å². The van der Waals surface area contributed by atoms with E-state index >= 15 is 0 Å². The Bertz CT molecular complexity index is 233. The van der Waals surface area contributed by atoms with E-state index in [1.807, 2.05) is 0 Å². The summed E-state index contributed by atoms with van der Waals surface area (Å²) in [5.74, 6) is 5.77. The fourth-order valence-corrected chi connectivity index (χ4v) is 1.47. The van der Waals surface area contributed by atoms with Crippen LogP contribution in [0.25, 0.3) is 0 Å². The Labute approximate surface area is 85.2 Å². The Morgan fingerprint density at radius 3 is 3.14 bits per heavy atom. The van der Waals surface area contributed by atoms with Crippen molar-refractivity contribution in [2.75, 3.05) is 13.2 Å². The maximum Gasteiger partial charge on any atom is 0.222 e. The molecule has 3 heteroatoms. The van der Waals surface area contributed by atoms with Crippen LogP contribution in [0.5, 0.6) is 0 Å². The number of rotatable bonds is 4. The van der Waals surface area contributed by atoms with Gasteiger partial charge < -0.3 is 10.1 Å². The van der Waals surface area contributed by atoms with Gasteiger partial charge in [0.05, 0.1) is 12.5 Å². The number of amides is 1. The highest BCUT2D eigenvalue weighted by Gasteiger charge is 2.18. The third kappa shape index (κ3) is 4.29. The topological polar surface area (TPSA) is 38.3 Å². The zero-order valence-corrected chi connectivity index (χ0v) is 8.64. The van der Waals surface area contributed by atoms with Crippen molar-refractivity contribution in [3.8, 4) is 11.8 Å². The zero-order chi connectivity index (χ0) is 10.2. The van der Waals surface area contributed by atoms with Crippen LogP contribution in [0.4, 0.5) is 0 Å². The van der Waals surface area contributed by atoms with Crippen LogP contribution in [0.3, 0.4) is 0 Å². The molecule has 0 saturated carbocycles. The molecule has 78 valence electrons. The summed E-state index contributed by atoms with van der Waals surface area (Å²) in [5, 5.41) is 2.82. The molecule has 1 rings (SSSR count). The van der Waals surface area contributed by atoms with Crippen LogP contribution in [-0.2, 0) is 9.53 Å². The largest absolute Gasteiger partial charge is 0.378 e. The molecular weight excluding hydrogens is 178 g/mol. The SMILES string of the molecule is CC#CCCNC(=O)CC1CCCO1. The Morgan fingerprint density at radius 1 is 1.64 bits per heavy atom. The lowest BCUT2D eigenvalue weighted by Gasteiger charge is -2.08. The minimum atomic E-state index is 0.0785. The van der Waals surface area contributed by atoms with Crippen LogP contribution < -0.4 is 5.32 Å². The molecule has 0 aromatic heterocycles. The van der Waals surface area contributed by atoms with Crippen molar-refractivity contribution in [2.45, 2.75) is 38.7 Å². The normalized spacial score (nSPS) is 19.9. The second kappa shape index (κ2) is 6.44. The second-order valence-corrected chi connectivity index (χ2v) is 3.37. The van der Waals surface area contributed by atoms with Crippen molar-refractivity contribution in [1.29, 1.82) is 0 Å². The molecule has 1 aliphatic rings. The van der Waals surface area contributed by atoms with Gasteiger partial charge in [0, 0.05) is 19.6 Å². The molecule has 0 radical (unpaired) electrons. The van der Waals surface area contributed by atoms with E-state index in [1.165, 1.54) is 0 Å². The van der Waals surface area contributed by atoms with Gasteiger partial charge in [0.2, 0.25) is 5.91 Å². The summed E-state index contributed by atoms with van der Waals surface area (Å²) < 4.78 is 5.36. The van der Waals surface area contributed by atoms with E-state index in [4.69, 9.17) is 4.74 Å². The van der Waals surface area contributed by atoms with Gasteiger partial charge in [-0.05, 0) is 19.8 Å². The number of ether oxygens (including phenoxy) is 1. The predicted octanol–water partition coefficient (Wildman–Crippen LogP) is 1.09.